The molecule has 2 aromatic carbocycles. The van der Waals surface area contributed by atoms with Crippen molar-refractivity contribution in [2.75, 3.05) is 5.73 Å². The number of hydrogen-bond donors (Lipinski definition) is 1. The quantitative estimate of drug-likeness (QED) is 0.705. The van der Waals surface area contributed by atoms with E-state index in [9.17, 15) is 5.26 Å². The highest BCUT2D eigenvalue weighted by atomic mass is 79.9. The molecule has 25 heavy (non-hydrogen) atoms. The van der Waals surface area contributed by atoms with E-state index in [-0.39, 0.29) is 11.4 Å². The van der Waals surface area contributed by atoms with E-state index in [1.807, 2.05) is 55.5 Å². The number of anilines is 1. The first-order valence-electron chi connectivity index (χ1n) is 7.76. The largest absolute Gasteiger partial charge is 0.471 e. The van der Waals surface area contributed by atoms with E-state index in [1.165, 1.54) is 5.56 Å². The number of halogens is 1. The molecule has 2 N–H and O–H groups in total. The number of aromatic nitrogens is 2. The minimum absolute atomic E-state index is 0.262. The number of aryl methyl sites for hydroxylation is 1. The molecule has 0 atom stereocenters. The maximum atomic E-state index is 9.38. The predicted molar refractivity (Wildman–Crippen MR) is 100 cm³/mol. The molecule has 0 aliphatic heterocycles. The summed E-state index contributed by atoms with van der Waals surface area (Å²) >= 11 is 3.41. The number of ether oxygens (including phenoxy) is 1. The Morgan fingerprint density at radius 3 is 2.40 bits per heavy atom. The van der Waals surface area contributed by atoms with Gasteiger partial charge in [-0.1, -0.05) is 57.9 Å². The van der Waals surface area contributed by atoms with Crippen molar-refractivity contribution in [3.63, 3.8) is 0 Å². The molecular weight excluding hydrogens is 380 g/mol. The summed E-state index contributed by atoms with van der Waals surface area (Å²) < 4.78 is 8.32. The molecule has 0 bridgehead atoms. The van der Waals surface area contributed by atoms with Crippen molar-refractivity contribution in [2.45, 2.75) is 20.1 Å². The second-order valence-electron chi connectivity index (χ2n) is 5.74. The predicted octanol–water partition coefficient (Wildman–Crippen LogP) is 4.04. The van der Waals surface area contributed by atoms with Crippen LogP contribution in [0.5, 0.6) is 5.88 Å². The second-order valence-corrected chi connectivity index (χ2v) is 6.65. The van der Waals surface area contributed by atoms with Crippen LogP contribution in [0.25, 0.3) is 0 Å². The standard InChI is InChI=1S/C19H17BrN4O/c1-13-2-4-15(5-3-13)12-25-19-17(10-21)18(22)24(23-19)11-14-6-8-16(20)9-7-14/h2-9H,11-12,22H2,1H3. The molecule has 0 unspecified atom stereocenters. The van der Waals surface area contributed by atoms with Crippen LogP contribution in [-0.2, 0) is 13.2 Å². The minimum atomic E-state index is 0.262. The molecule has 0 amide bonds. The summed E-state index contributed by atoms with van der Waals surface area (Å²) in [7, 11) is 0. The van der Waals surface area contributed by atoms with Crippen LogP contribution in [0.15, 0.2) is 53.0 Å². The summed E-state index contributed by atoms with van der Waals surface area (Å²) in [5.74, 6) is 0.571. The molecule has 126 valence electrons. The van der Waals surface area contributed by atoms with Crippen molar-refractivity contribution in [2.24, 2.45) is 0 Å². The Labute approximate surface area is 154 Å². The van der Waals surface area contributed by atoms with E-state index < -0.39 is 0 Å². The summed E-state index contributed by atoms with van der Waals surface area (Å²) in [5.41, 5.74) is 9.57. The normalized spacial score (nSPS) is 10.4. The van der Waals surface area contributed by atoms with Gasteiger partial charge in [-0.05, 0) is 30.2 Å². The van der Waals surface area contributed by atoms with Crippen LogP contribution in [0.2, 0.25) is 0 Å². The Hall–Kier alpha value is -2.78. The summed E-state index contributed by atoms with van der Waals surface area (Å²) in [6, 6.07) is 18.0. The minimum Gasteiger partial charge on any atom is -0.471 e. The summed E-state index contributed by atoms with van der Waals surface area (Å²) in [4.78, 5) is 0. The molecule has 0 saturated heterocycles. The first-order valence-corrected chi connectivity index (χ1v) is 8.55. The Morgan fingerprint density at radius 2 is 1.76 bits per heavy atom. The molecule has 1 heterocycles. The topological polar surface area (TPSA) is 76.9 Å². The van der Waals surface area contributed by atoms with Crippen molar-refractivity contribution < 1.29 is 4.74 Å². The molecule has 0 radical (unpaired) electrons. The number of nitrogens with zero attached hydrogens (tertiary/aromatic N) is 3. The summed E-state index contributed by atoms with van der Waals surface area (Å²) in [5, 5.41) is 13.7. The van der Waals surface area contributed by atoms with Gasteiger partial charge in [0.1, 0.15) is 18.5 Å². The first kappa shape index (κ1) is 17.1. The third-order valence-corrected chi connectivity index (χ3v) is 4.34. The zero-order chi connectivity index (χ0) is 17.8. The lowest BCUT2D eigenvalue weighted by Gasteiger charge is -2.05. The lowest BCUT2D eigenvalue weighted by Crippen LogP contribution is -2.06. The molecule has 5 nitrogen and oxygen atoms in total. The van der Waals surface area contributed by atoms with Gasteiger partial charge in [0.05, 0.1) is 6.54 Å². The number of nitriles is 1. The lowest BCUT2D eigenvalue weighted by atomic mass is 10.2. The van der Waals surface area contributed by atoms with E-state index in [4.69, 9.17) is 10.5 Å². The van der Waals surface area contributed by atoms with Crippen LogP contribution in [0.4, 0.5) is 5.82 Å². The molecule has 0 saturated carbocycles. The van der Waals surface area contributed by atoms with Gasteiger partial charge in [-0.15, -0.1) is 5.10 Å². The number of nitrogens with two attached hydrogens (primary N) is 1. The zero-order valence-corrected chi connectivity index (χ0v) is 15.3. The van der Waals surface area contributed by atoms with Crippen molar-refractivity contribution in [1.82, 2.24) is 9.78 Å². The molecule has 3 rings (SSSR count). The molecular formula is C19H17BrN4O. The molecule has 3 aromatic rings. The highest BCUT2D eigenvalue weighted by molar-refractivity contribution is 9.10. The third-order valence-electron chi connectivity index (χ3n) is 3.81. The van der Waals surface area contributed by atoms with E-state index in [0.29, 0.717) is 19.0 Å². The van der Waals surface area contributed by atoms with Crippen LogP contribution in [0, 0.1) is 18.3 Å². The number of nitrogen functional groups attached to an aromatic ring is 1. The zero-order valence-electron chi connectivity index (χ0n) is 13.7. The van der Waals surface area contributed by atoms with Crippen LogP contribution < -0.4 is 10.5 Å². The van der Waals surface area contributed by atoms with Gasteiger partial charge < -0.3 is 10.5 Å². The molecule has 0 spiro atoms. The number of benzene rings is 2. The highest BCUT2D eigenvalue weighted by Gasteiger charge is 2.17. The Kier molecular flexibility index (Phi) is 5.05. The van der Waals surface area contributed by atoms with Gasteiger partial charge in [0.25, 0.3) is 5.88 Å². The monoisotopic (exact) mass is 396 g/mol. The van der Waals surface area contributed by atoms with Crippen LogP contribution in [-0.4, -0.2) is 9.78 Å². The fourth-order valence-corrected chi connectivity index (χ4v) is 2.64. The van der Waals surface area contributed by atoms with Gasteiger partial charge in [0.15, 0.2) is 5.56 Å². The van der Waals surface area contributed by atoms with Gasteiger partial charge in [-0.2, -0.15) is 5.26 Å². The fourth-order valence-electron chi connectivity index (χ4n) is 2.38. The Bertz CT molecular complexity index is 908. The number of rotatable bonds is 5. The second kappa shape index (κ2) is 7.41. The smallest absolute Gasteiger partial charge is 0.253 e. The van der Waals surface area contributed by atoms with Gasteiger partial charge >= 0.3 is 0 Å². The average Bonchev–Trinajstić information content (AvgIpc) is 2.91. The molecule has 0 fully saturated rings. The summed E-state index contributed by atoms with van der Waals surface area (Å²) in [6.45, 7) is 2.84. The van der Waals surface area contributed by atoms with Crippen molar-refractivity contribution >= 4 is 21.7 Å². The Balaban J connectivity index is 1.79. The maximum Gasteiger partial charge on any atom is 0.253 e. The van der Waals surface area contributed by atoms with Crippen LogP contribution >= 0.6 is 15.9 Å². The fraction of sp³-hybridized carbons (Fsp3) is 0.158. The molecule has 6 heteroatoms. The van der Waals surface area contributed by atoms with E-state index in [1.54, 1.807) is 4.68 Å². The number of hydrogen-bond acceptors (Lipinski definition) is 4. The highest BCUT2D eigenvalue weighted by Crippen LogP contribution is 2.25. The van der Waals surface area contributed by atoms with Gasteiger partial charge in [0.2, 0.25) is 0 Å². The molecule has 0 aliphatic carbocycles. The molecule has 1 aromatic heterocycles. The van der Waals surface area contributed by atoms with Crippen LogP contribution in [0.1, 0.15) is 22.3 Å². The van der Waals surface area contributed by atoms with E-state index >= 15 is 0 Å². The van der Waals surface area contributed by atoms with Crippen molar-refractivity contribution in [3.05, 3.63) is 75.3 Å². The summed E-state index contributed by atoms with van der Waals surface area (Å²) in [6.07, 6.45) is 0. The van der Waals surface area contributed by atoms with Crippen LogP contribution in [0.3, 0.4) is 0 Å². The average molecular weight is 397 g/mol. The van der Waals surface area contributed by atoms with Crippen molar-refractivity contribution in [3.8, 4) is 11.9 Å². The van der Waals surface area contributed by atoms with E-state index in [2.05, 4.69) is 27.1 Å². The lowest BCUT2D eigenvalue weighted by molar-refractivity contribution is 0.289. The first-order chi connectivity index (χ1) is 12.1. The SMILES string of the molecule is Cc1ccc(COc2nn(Cc3ccc(Br)cc3)c(N)c2C#N)cc1. The molecule has 0 aliphatic rings. The Morgan fingerprint density at radius 1 is 1.12 bits per heavy atom. The third kappa shape index (κ3) is 4.01. The van der Waals surface area contributed by atoms with Gasteiger partial charge in [-0.25, -0.2) is 4.68 Å². The maximum absolute atomic E-state index is 9.38. The van der Waals surface area contributed by atoms with Gasteiger partial charge in [0, 0.05) is 4.47 Å². The van der Waals surface area contributed by atoms with Crippen molar-refractivity contribution in [1.29, 1.82) is 5.26 Å². The van der Waals surface area contributed by atoms with Gasteiger partial charge in [-0.3, -0.25) is 0 Å². The van der Waals surface area contributed by atoms with E-state index in [0.717, 1.165) is 15.6 Å².